The zero-order valence-corrected chi connectivity index (χ0v) is 12.4. The molecule has 0 radical (unpaired) electrons. The van der Waals surface area contributed by atoms with Gasteiger partial charge in [-0.25, -0.2) is 9.59 Å². The van der Waals surface area contributed by atoms with Gasteiger partial charge in [-0.15, -0.1) is 0 Å². The SMILES string of the molecule is COc1cccc(OCCCN(C)C)c1.O=C(O)C(=O)O. The molecule has 1 rings (SSSR count). The molecule has 0 saturated heterocycles. The lowest BCUT2D eigenvalue weighted by molar-refractivity contribution is -0.159. The van der Waals surface area contributed by atoms with Crippen LogP contribution in [0.2, 0.25) is 0 Å². The first kappa shape index (κ1) is 18.7. The number of ether oxygens (including phenoxy) is 2. The van der Waals surface area contributed by atoms with Crippen molar-refractivity contribution in [2.24, 2.45) is 0 Å². The van der Waals surface area contributed by atoms with Crippen molar-refractivity contribution >= 4 is 11.9 Å². The van der Waals surface area contributed by atoms with E-state index in [1.54, 1.807) is 7.11 Å². The minimum atomic E-state index is -1.82. The molecule has 1 aromatic rings. The molecule has 1 aromatic carbocycles. The van der Waals surface area contributed by atoms with Gasteiger partial charge in [0.2, 0.25) is 0 Å². The lowest BCUT2D eigenvalue weighted by Crippen LogP contribution is -2.15. The van der Waals surface area contributed by atoms with Crippen LogP contribution in [0.5, 0.6) is 11.5 Å². The fourth-order valence-corrected chi connectivity index (χ4v) is 1.26. The predicted molar refractivity (Wildman–Crippen MR) is 76.9 cm³/mol. The molecule has 2 N–H and O–H groups in total. The van der Waals surface area contributed by atoms with E-state index >= 15 is 0 Å². The first-order valence-corrected chi connectivity index (χ1v) is 6.24. The number of benzene rings is 1. The molecular weight excluding hydrogens is 278 g/mol. The summed E-state index contributed by atoms with van der Waals surface area (Å²) in [4.78, 5) is 20.3. The lowest BCUT2D eigenvalue weighted by atomic mass is 10.3. The van der Waals surface area contributed by atoms with E-state index in [2.05, 4.69) is 19.0 Å². The summed E-state index contributed by atoms with van der Waals surface area (Å²) in [6, 6.07) is 7.68. The molecule has 0 heterocycles. The Morgan fingerprint density at radius 2 is 1.71 bits per heavy atom. The van der Waals surface area contributed by atoms with Crippen molar-refractivity contribution in [1.29, 1.82) is 0 Å². The van der Waals surface area contributed by atoms with Crippen LogP contribution in [0, 0.1) is 0 Å². The van der Waals surface area contributed by atoms with E-state index in [0.29, 0.717) is 0 Å². The number of hydrogen-bond acceptors (Lipinski definition) is 5. The van der Waals surface area contributed by atoms with Crippen LogP contribution in [0.3, 0.4) is 0 Å². The van der Waals surface area contributed by atoms with Gasteiger partial charge in [0.25, 0.3) is 0 Å². The first-order chi connectivity index (χ1) is 9.86. The number of nitrogens with zero attached hydrogens (tertiary/aromatic N) is 1. The second kappa shape index (κ2) is 10.5. The average Bonchev–Trinajstić information content (AvgIpc) is 2.44. The third-order valence-corrected chi connectivity index (χ3v) is 2.24. The molecule has 118 valence electrons. The highest BCUT2D eigenvalue weighted by Gasteiger charge is 2.04. The second-order valence-electron chi connectivity index (χ2n) is 4.29. The van der Waals surface area contributed by atoms with Gasteiger partial charge in [0.1, 0.15) is 11.5 Å². The van der Waals surface area contributed by atoms with Crippen LogP contribution < -0.4 is 9.47 Å². The number of methoxy groups -OCH3 is 1. The highest BCUT2D eigenvalue weighted by atomic mass is 16.5. The molecule has 0 spiro atoms. The van der Waals surface area contributed by atoms with Crippen LogP contribution in [0.15, 0.2) is 24.3 Å². The van der Waals surface area contributed by atoms with Crippen molar-refractivity contribution < 1.29 is 29.3 Å². The number of carboxylic acid groups (broad SMARTS) is 2. The summed E-state index contributed by atoms with van der Waals surface area (Å²) in [6.07, 6.45) is 1.03. The van der Waals surface area contributed by atoms with Crippen molar-refractivity contribution in [3.63, 3.8) is 0 Å². The average molecular weight is 299 g/mol. The zero-order valence-electron chi connectivity index (χ0n) is 12.4. The Hall–Kier alpha value is -2.28. The third-order valence-electron chi connectivity index (χ3n) is 2.24. The molecule has 0 amide bonds. The number of carboxylic acids is 2. The van der Waals surface area contributed by atoms with E-state index in [1.165, 1.54) is 0 Å². The normalized spacial score (nSPS) is 9.52. The van der Waals surface area contributed by atoms with Gasteiger partial charge in [-0.2, -0.15) is 0 Å². The molecule has 0 aliphatic rings. The standard InChI is InChI=1S/C12H19NO2.C2H2O4/c1-13(2)8-5-9-15-12-7-4-6-11(10-12)14-3;3-1(4)2(5)6/h4,6-7,10H,5,8-9H2,1-3H3;(H,3,4)(H,5,6). The maximum absolute atomic E-state index is 9.10. The number of rotatable bonds is 6. The Balaban J connectivity index is 0.000000567. The zero-order chi connectivity index (χ0) is 16.3. The maximum atomic E-state index is 9.10. The van der Waals surface area contributed by atoms with Crippen LogP contribution in [-0.4, -0.2) is 61.4 Å². The van der Waals surface area contributed by atoms with Crippen LogP contribution in [0.4, 0.5) is 0 Å². The minimum absolute atomic E-state index is 0.741. The summed E-state index contributed by atoms with van der Waals surface area (Å²) in [5, 5.41) is 14.8. The van der Waals surface area contributed by atoms with Crippen molar-refractivity contribution in [3.8, 4) is 11.5 Å². The fourth-order valence-electron chi connectivity index (χ4n) is 1.26. The summed E-state index contributed by atoms with van der Waals surface area (Å²) < 4.78 is 10.7. The molecule has 0 aliphatic heterocycles. The van der Waals surface area contributed by atoms with Crippen LogP contribution >= 0.6 is 0 Å². The van der Waals surface area contributed by atoms with Gasteiger partial charge < -0.3 is 24.6 Å². The van der Waals surface area contributed by atoms with Gasteiger partial charge in [0.05, 0.1) is 13.7 Å². The molecule has 0 fully saturated rings. The molecule has 0 saturated carbocycles. The van der Waals surface area contributed by atoms with Gasteiger partial charge in [0, 0.05) is 12.6 Å². The molecular formula is C14H21NO6. The van der Waals surface area contributed by atoms with Crippen LogP contribution in [-0.2, 0) is 9.59 Å². The highest BCUT2D eigenvalue weighted by Crippen LogP contribution is 2.18. The largest absolute Gasteiger partial charge is 0.497 e. The molecule has 21 heavy (non-hydrogen) atoms. The highest BCUT2D eigenvalue weighted by molar-refractivity contribution is 6.27. The third kappa shape index (κ3) is 10.2. The molecule has 7 nitrogen and oxygen atoms in total. The van der Waals surface area contributed by atoms with Gasteiger partial charge in [-0.1, -0.05) is 6.07 Å². The van der Waals surface area contributed by atoms with Crippen LogP contribution in [0.1, 0.15) is 6.42 Å². The van der Waals surface area contributed by atoms with Crippen molar-refractivity contribution in [2.75, 3.05) is 34.4 Å². The monoisotopic (exact) mass is 299 g/mol. The Bertz CT molecular complexity index is 435. The van der Waals surface area contributed by atoms with E-state index < -0.39 is 11.9 Å². The Kier molecular flexibility index (Phi) is 9.36. The summed E-state index contributed by atoms with van der Waals surface area (Å²) in [5.74, 6) is -1.95. The number of carbonyl (C=O) groups is 2. The number of aliphatic carboxylic acids is 2. The molecule has 0 aliphatic carbocycles. The minimum Gasteiger partial charge on any atom is -0.497 e. The molecule has 0 aromatic heterocycles. The molecule has 0 atom stereocenters. The Labute approximate surface area is 123 Å². The maximum Gasteiger partial charge on any atom is 0.414 e. The van der Waals surface area contributed by atoms with Gasteiger partial charge in [-0.05, 0) is 32.6 Å². The smallest absolute Gasteiger partial charge is 0.414 e. The quantitative estimate of drug-likeness (QED) is 0.601. The first-order valence-electron chi connectivity index (χ1n) is 6.24. The van der Waals surface area contributed by atoms with E-state index in [0.717, 1.165) is 31.1 Å². The number of hydrogen-bond donors (Lipinski definition) is 2. The Morgan fingerprint density at radius 3 is 2.19 bits per heavy atom. The molecule has 0 unspecified atom stereocenters. The van der Waals surface area contributed by atoms with E-state index in [1.807, 2.05) is 24.3 Å². The second-order valence-corrected chi connectivity index (χ2v) is 4.29. The molecule has 0 bridgehead atoms. The fraction of sp³-hybridized carbons (Fsp3) is 0.429. The van der Waals surface area contributed by atoms with Gasteiger partial charge >= 0.3 is 11.9 Å². The van der Waals surface area contributed by atoms with E-state index in [-0.39, 0.29) is 0 Å². The van der Waals surface area contributed by atoms with Crippen LogP contribution in [0.25, 0.3) is 0 Å². The summed E-state index contributed by atoms with van der Waals surface area (Å²) >= 11 is 0. The van der Waals surface area contributed by atoms with Crippen molar-refractivity contribution in [2.45, 2.75) is 6.42 Å². The summed E-state index contributed by atoms with van der Waals surface area (Å²) in [7, 11) is 5.78. The van der Waals surface area contributed by atoms with Crippen molar-refractivity contribution in [1.82, 2.24) is 4.90 Å². The van der Waals surface area contributed by atoms with Crippen molar-refractivity contribution in [3.05, 3.63) is 24.3 Å². The summed E-state index contributed by atoms with van der Waals surface area (Å²) in [6.45, 7) is 1.79. The molecule has 7 heteroatoms. The summed E-state index contributed by atoms with van der Waals surface area (Å²) in [5.41, 5.74) is 0. The van der Waals surface area contributed by atoms with E-state index in [4.69, 9.17) is 29.3 Å². The van der Waals surface area contributed by atoms with Gasteiger partial charge in [0.15, 0.2) is 0 Å². The van der Waals surface area contributed by atoms with E-state index in [9.17, 15) is 0 Å². The Morgan fingerprint density at radius 1 is 1.14 bits per heavy atom. The topological polar surface area (TPSA) is 96.3 Å². The van der Waals surface area contributed by atoms with Gasteiger partial charge in [-0.3, -0.25) is 0 Å². The predicted octanol–water partition coefficient (Wildman–Crippen LogP) is 1.18. The lowest BCUT2D eigenvalue weighted by Gasteiger charge is -2.10.